The number of aromatic amines is 1. The molecule has 13 heavy (non-hydrogen) atoms. The molecule has 68 valence electrons. The van der Waals surface area contributed by atoms with Crippen LogP contribution in [-0.2, 0) is 9.53 Å². The number of carbonyl (C=O) groups is 1. The molecule has 0 fully saturated rings. The van der Waals surface area contributed by atoms with Gasteiger partial charge >= 0.3 is 5.97 Å². The van der Waals surface area contributed by atoms with Crippen molar-refractivity contribution in [1.82, 2.24) is 10.2 Å². The molecular weight excluding hydrogens is 170 g/mol. The number of carbonyl (C=O) groups excluding carboxylic acids is 1. The summed E-state index contributed by atoms with van der Waals surface area (Å²) in [5, 5.41) is 6.37. The van der Waals surface area contributed by atoms with Gasteiger partial charge in [-0.1, -0.05) is 0 Å². The number of nitrogens with zero attached hydrogens (tertiary/aromatic N) is 1. The molecule has 0 aliphatic rings. The highest BCUT2D eigenvalue weighted by Crippen LogP contribution is 2.09. The fourth-order valence-corrected chi connectivity index (χ4v) is 0.770. The van der Waals surface area contributed by atoms with Crippen molar-refractivity contribution in [3.8, 4) is 11.8 Å². The van der Waals surface area contributed by atoms with E-state index in [4.69, 9.17) is 5.73 Å². The Balaban J connectivity index is 2.95. The van der Waals surface area contributed by atoms with Crippen molar-refractivity contribution < 1.29 is 9.53 Å². The van der Waals surface area contributed by atoms with Crippen LogP contribution in [0, 0.1) is 18.8 Å². The third kappa shape index (κ3) is 1.99. The molecule has 0 saturated heterocycles. The number of nitrogens with two attached hydrogens (primary N) is 1. The lowest BCUT2D eigenvalue weighted by Crippen LogP contribution is -1.95. The molecule has 0 aliphatic heterocycles. The van der Waals surface area contributed by atoms with Gasteiger partial charge in [-0.3, -0.25) is 5.10 Å². The van der Waals surface area contributed by atoms with Gasteiger partial charge in [-0.15, -0.1) is 0 Å². The first-order valence-corrected chi connectivity index (χ1v) is 3.55. The van der Waals surface area contributed by atoms with E-state index in [0.717, 1.165) is 5.69 Å². The Labute approximate surface area is 75.3 Å². The Hall–Kier alpha value is -1.96. The predicted octanol–water partition coefficient (Wildman–Crippen LogP) is -0.175. The minimum Gasteiger partial charge on any atom is -0.459 e. The molecule has 0 unspecified atom stereocenters. The van der Waals surface area contributed by atoms with Gasteiger partial charge in [-0.2, -0.15) is 5.10 Å². The molecule has 1 aromatic rings. The normalized spacial score (nSPS) is 8.77. The number of hydrogen-bond acceptors (Lipinski definition) is 4. The Morgan fingerprint density at radius 2 is 2.38 bits per heavy atom. The van der Waals surface area contributed by atoms with Crippen LogP contribution in [0.25, 0.3) is 0 Å². The Morgan fingerprint density at radius 1 is 1.69 bits per heavy atom. The second-order valence-corrected chi connectivity index (χ2v) is 2.35. The van der Waals surface area contributed by atoms with Crippen molar-refractivity contribution in [3.05, 3.63) is 11.3 Å². The fourth-order valence-electron chi connectivity index (χ4n) is 0.770. The molecule has 5 heteroatoms. The molecule has 0 atom stereocenters. The van der Waals surface area contributed by atoms with Crippen molar-refractivity contribution in [1.29, 1.82) is 0 Å². The minimum absolute atomic E-state index is 0.286. The van der Waals surface area contributed by atoms with Crippen molar-refractivity contribution in [2.75, 3.05) is 12.8 Å². The standard InChI is InChI=1S/C8H9N3O2/c1-5-6(8(9)11-10-5)3-4-7(12)13-2/h1-2H3,(H3,9,10,11). The maximum absolute atomic E-state index is 10.7. The lowest BCUT2D eigenvalue weighted by Gasteiger charge is -1.87. The molecule has 5 nitrogen and oxygen atoms in total. The summed E-state index contributed by atoms with van der Waals surface area (Å²) in [5.41, 5.74) is 6.74. The van der Waals surface area contributed by atoms with Gasteiger partial charge in [0.2, 0.25) is 0 Å². The fraction of sp³-hybridized carbons (Fsp3) is 0.250. The molecular formula is C8H9N3O2. The Bertz CT molecular complexity index is 364. The Kier molecular flexibility index (Phi) is 2.55. The highest BCUT2D eigenvalue weighted by Gasteiger charge is 2.03. The van der Waals surface area contributed by atoms with Crippen LogP contribution in [0.1, 0.15) is 11.3 Å². The van der Waals surface area contributed by atoms with Crippen LogP contribution >= 0.6 is 0 Å². The molecule has 0 bridgehead atoms. The molecule has 0 aromatic carbocycles. The van der Waals surface area contributed by atoms with Gasteiger partial charge < -0.3 is 10.5 Å². The van der Waals surface area contributed by atoms with E-state index in [9.17, 15) is 4.79 Å². The number of aryl methyl sites for hydroxylation is 1. The summed E-state index contributed by atoms with van der Waals surface area (Å²) in [6.45, 7) is 1.77. The van der Waals surface area contributed by atoms with Crippen molar-refractivity contribution >= 4 is 11.8 Å². The SMILES string of the molecule is COC(=O)C#Cc1c(N)n[nH]c1C. The van der Waals surface area contributed by atoms with E-state index in [0.29, 0.717) is 5.56 Å². The number of nitrogen functional groups attached to an aromatic ring is 1. The zero-order valence-corrected chi connectivity index (χ0v) is 7.34. The van der Waals surface area contributed by atoms with Gasteiger partial charge in [-0.05, 0) is 12.8 Å². The van der Waals surface area contributed by atoms with Gasteiger partial charge in [0.05, 0.1) is 18.4 Å². The molecule has 0 aliphatic carbocycles. The minimum atomic E-state index is -0.597. The van der Waals surface area contributed by atoms with Crippen LogP contribution in [0.15, 0.2) is 0 Å². The summed E-state index contributed by atoms with van der Waals surface area (Å²) in [5.74, 6) is 4.52. The van der Waals surface area contributed by atoms with E-state index in [1.165, 1.54) is 7.11 Å². The number of nitrogens with one attached hydrogen (secondary N) is 1. The third-order valence-corrected chi connectivity index (χ3v) is 1.45. The molecule has 3 N–H and O–H groups in total. The quantitative estimate of drug-likeness (QED) is 0.427. The van der Waals surface area contributed by atoms with Gasteiger partial charge in [-0.25, -0.2) is 4.79 Å². The predicted molar refractivity (Wildman–Crippen MR) is 46.6 cm³/mol. The second-order valence-electron chi connectivity index (χ2n) is 2.35. The van der Waals surface area contributed by atoms with Crippen LogP contribution in [0.3, 0.4) is 0 Å². The second kappa shape index (κ2) is 3.63. The lowest BCUT2D eigenvalue weighted by molar-refractivity contribution is -0.133. The maximum Gasteiger partial charge on any atom is 0.384 e. The van der Waals surface area contributed by atoms with E-state index < -0.39 is 5.97 Å². The molecule has 0 amide bonds. The number of hydrogen-bond donors (Lipinski definition) is 2. The van der Waals surface area contributed by atoms with Gasteiger partial charge in [0.25, 0.3) is 0 Å². The van der Waals surface area contributed by atoms with E-state index in [2.05, 4.69) is 26.8 Å². The summed E-state index contributed by atoms with van der Waals surface area (Å²) < 4.78 is 4.34. The molecule has 1 aromatic heterocycles. The summed E-state index contributed by atoms with van der Waals surface area (Å²) in [4.78, 5) is 10.7. The van der Waals surface area contributed by atoms with Crippen LogP contribution < -0.4 is 5.73 Å². The summed E-state index contributed by atoms with van der Waals surface area (Å²) in [7, 11) is 1.27. The smallest absolute Gasteiger partial charge is 0.384 e. The average molecular weight is 179 g/mol. The van der Waals surface area contributed by atoms with Crippen LogP contribution in [0.2, 0.25) is 0 Å². The molecule has 1 rings (SSSR count). The van der Waals surface area contributed by atoms with Gasteiger partial charge in [0, 0.05) is 5.92 Å². The molecule has 0 saturated carbocycles. The number of esters is 1. The van der Waals surface area contributed by atoms with Gasteiger partial charge in [0.15, 0.2) is 5.82 Å². The van der Waals surface area contributed by atoms with Crippen LogP contribution in [0.5, 0.6) is 0 Å². The first-order valence-electron chi connectivity index (χ1n) is 3.55. The van der Waals surface area contributed by atoms with Crippen molar-refractivity contribution in [2.45, 2.75) is 6.92 Å². The van der Waals surface area contributed by atoms with E-state index in [1.807, 2.05) is 0 Å². The Morgan fingerprint density at radius 3 is 2.85 bits per heavy atom. The number of ether oxygens (including phenoxy) is 1. The van der Waals surface area contributed by atoms with E-state index in [1.54, 1.807) is 6.92 Å². The van der Waals surface area contributed by atoms with Gasteiger partial charge in [0.1, 0.15) is 0 Å². The van der Waals surface area contributed by atoms with E-state index >= 15 is 0 Å². The number of aromatic nitrogens is 2. The highest BCUT2D eigenvalue weighted by atomic mass is 16.5. The zero-order chi connectivity index (χ0) is 9.84. The molecule has 0 radical (unpaired) electrons. The summed E-state index contributed by atoms with van der Waals surface area (Å²) in [6.07, 6.45) is 0. The number of rotatable bonds is 0. The summed E-state index contributed by atoms with van der Waals surface area (Å²) >= 11 is 0. The van der Waals surface area contributed by atoms with Crippen molar-refractivity contribution in [2.24, 2.45) is 0 Å². The van der Waals surface area contributed by atoms with Crippen LogP contribution in [0.4, 0.5) is 5.82 Å². The average Bonchev–Trinajstić information content (AvgIpc) is 2.43. The topological polar surface area (TPSA) is 81.0 Å². The first kappa shape index (κ1) is 9.13. The van der Waals surface area contributed by atoms with Crippen LogP contribution in [-0.4, -0.2) is 23.3 Å². The third-order valence-electron chi connectivity index (χ3n) is 1.45. The number of anilines is 1. The number of methoxy groups -OCH3 is 1. The highest BCUT2D eigenvalue weighted by molar-refractivity contribution is 5.89. The maximum atomic E-state index is 10.7. The van der Waals surface area contributed by atoms with E-state index in [-0.39, 0.29) is 5.82 Å². The number of H-pyrrole nitrogens is 1. The van der Waals surface area contributed by atoms with Crippen molar-refractivity contribution in [3.63, 3.8) is 0 Å². The lowest BCUT2D eigenvalue weighted by atomic mass is 10.2. The first-order chi connectivity index (χ1) is 6.15. The monoisotopic (exact) mass is 179 g/mol. The molecule has 0 spiro atoms. The summed E-state index contributed by atoms with van der Waals surface area (Å²) in [6, 6.07) is 0. The zero-order valence-electron chi connectivity index (χ0n) is 7.34. The molecule has 1 heterocycles. The largest absolute Gasteiger partial charge is 0.459 e.